The van der Waals surface area contributed by atoms with Gasteiger partial charge in [-0.15, -0.1) is 0 Å². The van der Waals surface area contributed by atoms with E-state index in [0.29, 0.717) is 17.2 Å². The van der Waals surface area contributed by atoms with E-state index in [1.165, 1.54) is 106 Å². The van der Waals surface area contributed by atoms with Gasteiger partial charge in [0.05, 0.1) is 5.76 Å². The number of nitrogens with zero attached hydrogens (tertiary/aromatic N) is 6. The van der Waals surface area contributed by atoms with E-state index in [-0.39, 0.29) is 61.4 Å². The average Bonchev–Trinajstić information content (AvgIpc) is 3.96. The van der Waals surface area contributed by atoms with Crippen LogP contribution in [0.5, 0.6) is 0 Å². The Balaban J connectivity index is -0.000000513. The second-order valence-electron chi connectivity index (χ2n) is 24.8. The molecule has 0 amide bonds. The van der Waals surface area contributed by atoms with Gasteiger partial charge in [-0.25, -0.2) is 0 Å². The van der Waals surface area contributed by atoms with Gasteiger partial charge in [-0.2, -0.15) is 0 Å². The van der Waals surface area contributed by atoms with Crippen LogP contribution in [0.1, 0.15) is 118 Å². The van der Waals surface area contributed by atoms with Gasteiger partial charge in [-0.05, 0) is 119 Å². The van der Waals surface area contributed by atoms with Crippen molar-refractivity contribution < 1.29 is 70.2 Å². The first-order valence-electron chi connectivity index (χ1n) is 25.9. The Morgan fingerprint density at radius 2 is 1.08 bits per heavy atom. The fourth-order valence-electron chi connectivity index (χ4n) is 10.7. The fourth-order valence-corrected chi connectivity index (χ4v) is 21.8. The van der Waals surface area contributed by atoms with Crippen molar-refractivity contribution in [1.29, 1.82) is 0 Å². The van der Waals surface area contributed by atoms with Crippen molar-refractivity contribution in [2.75, 3.05) is 65.6 Å². The van der Waals surface area contributed by atoms with Crippen LogP contribution >= 0.6 is 50.2 Å². The molecular weight excluding hydrogens is 1190 g/mol. The summed E-state index contributed by atoms with van der Waals surface area (Å²) >= 11 is -0.181. The molecule has 0 aromatic carbocycles. The first-order valence-corrected chi connectivity index (χ1v) is 48.0. The first kappa shape index (κ1) is 75.5. The molecule has 4 fully saturated rings. The van der Waals surface area contributed by atoms with Crippen LogP contribution in [0.3, 0.4) is 0 Å². The number of fused-ring (bicyclic) bond motifs is 2. The van der Waals surface area contributed by atoms with Crippen molar-refractivity contribution in [1.82, 2.24) is 18.9 Å². The summed E-state index contributed by atoms with van der Waals surface area (Å²) in [7, 11) is 5.57. The Morgan fingerprint density at radius 3 is 1.46 bits per heavy atom. The Morgan fingerprint density at radius 1 is 0.689 bits per heavy atom. The van der Waals surface area contributed by atoms with Crippen molar-refractivity contribution in [3.63, 3.8) is 0 Å². The van der Waals surface area contributed by atoms with Crippen LogP contribution in [-0.2, 0) is 36.5 Å². The Hall–Kier alpha value is 1.51. The normalized spacial score (nSPS) is 25.5. The zero-order valence-electron chi connectivity index (χ0n) is 49.7. The zero-order chi connectivity index (χ0) is 54.5. The van der Waals surface area contributed by atoms with E-state index in [4.69, 9.17) is 43.7 Å². The van der Waals surface area contributed by atoms with Crippen LogP contribution in [0.25, 0.3) is 0 Å². The molecule has 5 heterocycles. The van der Waals surface area contributed by atoms with Crippen LogP contribution in [-0.4, -0.2) is 136 Å². The SMILES string of the molecule is C1CCOC1.CC1=C(C)C([Si](C)(C)N2CCCN3CCCN=C32)C(O[Si](C)(C)C(C)(C)C)=C1.CC1CC(O[Si](C)(C)C(C)(C)C)C([Si](C)(C)N2CCCN3CCCN=C32)C1C.[3HH].[3HH].[3HH].[CH3-].[CH3-].[Cl][Cr][Cl].[F][Cr]([F])([F])([Cl])([Cl])[Cl].[Li+]. The number of allylic oxidation sites excluding steroid dienone is 3. The quantitative estimate of drug-likeness (QED) is 0.177. The van der Waals surface area contributed by atoms with Crippen molar-refractivity contribution in [2.45, 2.75) is 194 Å². The molecule has 9 nitrogen and oxygen atoms in total. The van der Waals surface area contributed by atoms with Gasteiger partial charge in [0.15, 0.2) is 36.7 Å². The molecule has 0 aromatic heterocycles. The van der Waals surface area contributed by atoms with E-state index in [1.807, 2.05) is 0 Å². The van der Waals surface area contributed by atoms with Gasteiger partial charge in [0.2, 0.25) is 8.32 Å². The largest absolute Gasteiger partial charge is 1.00 e. The summed E-state index contributed by atoms with van der Waals surface area (Å²) in [5.41, 5.74) is 4.02. The van der Waals surface area contributed by atoms with Crippen LogP contribution < -0.4 is 18.9 Å². The Labute approximate surface area is 499 Å². The molecule has 0 radical (unpaired) electrons. The maximum Gasteiger partial charge on any atom is 1.00 e. The van der Waals surface area contributed by atoms with Gasteiger partial charge in [0.1, 0.15) is 0 Å². The fraction of sp³-hybridized carbons (Fsp3) is 0.840. The van der Waals surface area contributed by atoms with Crippen molar-refractivity contribution in [2.24, 2.45) is 21.8 Å². The maximum atomic E-state index is 11.2. The van der Waals surface area contributed by atoms with Crippen LogP contribution in [0.15, 0.2) is 33.0 Å². The standard InChI is InChI=1S/C22H45N3OSi2.C22H41N3OSi2.C4H8O.2CH3.5ClH.2Cr.3FH.Li.3H2/c2*1-17-16-19(26-28(8,9)22(3,4)5)20(18(17)2)27(6,7)25-15-11-14-24-13-10-12-23-21(24)25;1-2-4-5-3-1;;;;;;;;;;;;;;;;/h17-20H,10-16H2,1-9H3;16,20H,10-15H2,1-9H3;1-4H2;2*1H3;5*1H;;;3*1H;;3*1H/q;;;2*-1;;;;;;+2;+6;;;;+1;;;/p-8/i;;;;;;;;;;;;;;;;3*1+2. The molecule has 440 valence electrons. The van der Waals surface area contributed by atoms with Gasteiger partial charge in [-0.1, -0.05) is 87.2 Å². The third kappa shape index (κ3) is 22.0. The van der Waals surface area contributed by atoms with Crippen molar-refractivity contribution in [3.05, 3.63) is 37.8 Å². The number of hydrogen-bond acceptors (Lipinski definition) is 9. The number of ether oxygens (including phenoxy) is 1. The number of halogens is 8. The van der Waals surface area contributed by atoms with Gasteiger partial charge < -0.3 is 47.4 Å². The Kier molecular flexibility index (Phi) is 29.3. The monoisotopic (exact) mass is 1300 g/mol. The van der Waals surface area contributed by atoms with Crippen LogP contribution in [0.2, 0.25) is 73.5 Å². The summed E-state index contributed by atoms with van der Waals surface area (Å²) in [5.74, 6) is 5.33. The van der Waals surface area contributed by atoms with Gasteiger partial charge >= 0.3 is 103 Å². The molecule has 2 aliphatic carbocycles. The number of guanidine groups is 2. The molecular formula is C50H106Cl5Cr2F3LiN6O3Si4-. The molecule has 0 aromatic rings. The van der Waals surface area contributed by atoms with Crippen molar-refractivity contribution >= 4 is 95.3 Å². The molecule has 5 aliphatic heterocycles. The smallest absolute Gasteiger partial charge is 1.00 e. The molecule has 3 saturated heterocycles. The Bertz CT molecular complexity index is 1910. The van der Waals surface area contributed by atoms with E-state index >= 15 is 0 Å². The van der Waals surface area contributed by atoms with E-state index in [2.05, 4.69) is 177 Å². The molecule has 24 heteroatoms. The second kappa shape index (κ2) is 28.7. The molecule has 0 bridgehead atoms. The van der Waals surface area contributed by atoms with E-state index < -0.39 is 42.7 Å². The molecule has 0 spiro atoms. The number of aliphatic imine (C=N–C) groups is 2. The van der Waals surface area contributed by atoms with E-state index in [0.717, 1.165) is 44.7 Å². The minimum Gasteiger partial charge on any atom is 1.00 e. The number of hydrogen-bond donors (Lipinski definition) is 0. The maximum absolute atomic E-state index is 11.2. The predicted molar refractivity (Wildman–Crippen MR) is 324 cm³/mol. The number of rotatable bonds is 8. The third-order valence-corrected chi connectivity index (χ3v) is 33.8. The molecule has 5 unspecified atom stereocenters. The minimum atomic E-state index is -8.04. The average molecular weight is 1300 g/mol. The van der Waals surface area contributed by atoms with Gasteiger partial charge in [-0.3, -0.25) is 9.98 Å². The summed E-state index contributed by atoms with van der Waals surface area (Å²) in [4.78, 5) is 15.1. The molecule has 0 N–H and O–H groups in total. The summed E-state index contributed by atoms with van der Waals surface area (Å²) in [6.45, 7) is 54.6. The summed E-state index contributed by atoms with van der Waals surface area (Å²) in [6, 6.07) is 0. The molecule has 7 aliphatic rings. The van der Waals surface area contributed by atoms with Crippen LogP contribution in [0, 0.1) is 26.7 Å². The summed E-state index contributed by atoms with van der Waals surface area (Å²) in [5, 5.41) is 0.484. The molecule has 7 rings (SSSR count). The topological polar surface area (TPSA) is 65.4 Å². The van der Waals surface area contributed by atoms with Crippen molar-refractivity contribution in [3.8, 4) is 0 Å². The summed E-state index contributed by atoms with van der Waals surface area (Å²) in [6.07, 6.45) is 11.5. The zero-order valence-corrected chi connectivity index (χ0v) is 60.1. The molecule has 74 heavy (non-hydrogen) atoms. The van der Waals surface area contributed by atoms with Gasteiger partial charge in [0.25, 0.3) is 0 Å². The van der Waals surface area contributed by atoms with Crippen LogP contribution in [0.4, 0.5) is 10.6 Å². The molecule has 1 saturated carbocycles. The summed E-state index contributed by atoms with van der Waals surface area (Å²) < 4.78 is 58.1. The minimum absolute atomic E-state index is 0. The van der Waals surface area contributed by atoms with E-state index in [9.17, 15) is 10.6 Å². The second-order valence-corrected chi connectivity index (χ2v) is 58.2. The van der Waals surface area contributed by atoms with Gasteiger partial charge in [0, 0.05) is 87.0 Å². The first-order chi connectivity index (χ1) is 32.1. The molecule has 5 atom stereocenters. The van der Waals surface area contributed by atoms with E-state index in [1.54, 1.807) is 0 Å². The third-order valence-electron chi connectivity index (χ3n) is 16.7. The predicted octanol–water partition coefficient (Wildman–Crippen LogP) is 15.1.